The molecule has 0 saturated carbocycles. The van der Waals surface area contributed by atoms with E-state index in [9.17, 15) is 57.9 Å². The molecule has 24 nitrogen and oxygen atoms in total. The highest BCUT2D eigenvalue weighted by atomic mass is 32.1. The molecule has 2 aliphatic heterocycles. The van der Waals surface area contributed by atoms with Gasteiger partial charge in [-0.25, -0.2) is 20.2 Å². The molecule has 0 saturated heterocycles. The van der Waals surface area contributed by atoms with Gasteiger partial charge in [0.25, 0.3) is 37.1 Å². The van der Waals surface area contributed by atoms with Gasteiger partial charge in [0.15, 0.2) is 6.10 Å². The van der Waals surface area contributed by atoms with E-state index in [1.54, 1.807) is 18.0 Å². The number of amides is 7. The Hall–Kier alpha value is -6.21. The van der Waals surface area contributed by atoms with E-state index in [2.05, 4.69) is 30.9 Å². The van der Waals surface area contributed by atoms with E-state index in [0.29, 0.717) is 17.0 Å². The lowest BCUT2D eigenvalue weighted by Gasteiger charge is -2.34. The van der Waals surface area contributed by atoms with Crippen molar-refractivity contribution in [2.45, 2.75) is 98.3 Å². The molecular weight excluding hydrogens is 1030 g/mol. The Kier molecular flexibility index (Phi) is 25.0. The van der Waals surface area contributed by atoms with Crippen LogP contribution in [-0.2, 0) is 63.6 Å². The molecule has 26 heteroatoms. The van der Waals surface area contributed by atoms with Crippen molar-refractivity contribution < 1.29 is 72.1 Å². The van der Waals surface area contributed by atoms with E-state index in [1.807, 2.05) is 27.7 Å². The Morgan fingerprint density at radius 2 is 1.41 bits per heavy atom. The minimum absolute atomic E-state index is 0.000488. The molecule has 2 unspecified atom stereocenters. The number of carbonyl (C=O) groups is 9. The number of phenols is 1. The molecule has 3 heterocycles. The van der Waals surface area contributed by atoms with Crippen molar-refractivity contribution in [1.29, 1.82) is 0 Å². The van der Waals surface area contributed by atoms with Crippen LogP contribution in [0.15, 0.2) is 47.9 Å². The average Bonchev–Trinajstić information content (AvgIpc) is 4.08. The minimum atomic E-state index is -3.60. The number of aliphatic carboxylic acids is 1. The van der Waals surface area contributed by atoms with Crippen LogP contribution in [0, 0.1) is 17.8 Å². The molecule has 418 valence electrons. The molecule has 0 spiro atoms. The first-order chi connectivity index (χ1) is 36.0. The second-order valence-corrected chi connectivity index (χ2v) is 21.9. The Labute approximate surface area is 446 Å². The molecule has 4 rings (SSSR count). The van der Waals surface area contributed by atoms with E-state index in [1.165, 1.54) is 31.4 Å². The lowest BCUT2D eigenvalue weighted by molar-refractivity contribution is -0.149. The molecule has 5 atom stereocenters. The standard InChI is InChI=1S/C50H72N9O15PS/c1-8-32(4)25-47(67)57(7)39(31(2)3)29-41(74-34(6)60)49-56-38(30-76-49)48(68)54-36(26-33(5)50(69)70)27-35-9-10-40(61)37(28-35)55-42(62)15-21-72-23-24-73-22-18-53-75(71,51-16-19-58-43(63)11-12-44(58)64)52-17-20-59-45(65)13-14-46(59)66/h9-14,28,30-33,36,39,41,61H,8,15-27,29H2,1-7H3,(H,54,68)(H,55,62)(H,69,70)(H3,51,52,53,71)/t32-,33?,36+,39?,41+/m0/s1. The summed E-state index contributed by atoms with van der Waals surface area (Å²) in [7, 11) is -1.87. The SMILES string of the molecule is CC[C@H](C)CC(=O)N(C)C(C[C@@H](OC(C)=O)c1nc(C(=O)N[C@@H](Cc2ccc(O)c(NC(=O)CCOCCOCCNP(=O)(NCCN3C(=O)C=CC3=O)NCCN3C(=O)C=CC3=O)c2)CC(C)C(=O)O)cs1)C(C)C. The summed E-state index contributed by atoms with van der Waals surface area (Å²) in [6.07, 6.45) is 5.18. The third kappa shape index (κ3) is 20.1. The maximum atomic E-state index is 13.7. The van der Waals surface area contributed by atoms with Crippen LogP contribution >= 0.6 is 18.9 Å². The number of imide groups is 2. The Bertz CT molecular complexity index is 2420. The summed E-state index contributed by atoms with van der Waals surface area (Å²) in [5.41, 5.74) is 0.657. The van der Waals surface area contributed by atoms with E-state index < -0.39 is 73.0 Å². The summed E-state index contributed by atoms with van der Waals surface area (Å²) in [5.74, 6) is -5.64. The quantitative estimate of drug-likeness (QED) is 0.0171. The Morgan fingerprint density at radius 1 is 0.829 bits per heavy atom. The fraction of sp³-hybridized carbons (Fsp3) is 0.560. The highest BCUT2D eigenvalue weighted by molar-refractivity contribution is 7.57. The molecule has 7 amide bonds. The molecule has 1 aromatic heterocycles. The van der Waals surface area contributed by atoms with Gasteiger partial charge in [-0.3, -0.25) is 57.5 Å². The third-order valence-corrected chi connectivity index (χ3v) is 15.4. The van der Waals surface area contributed by atoms with Crippen molar-refractivity contribution in [3.05, 3.63) is 64.1 Å². The second kappa shape index (κ2) is 30.5. The van der Waals surface area contributed by atoms with E-state index in [-0.39, 0.29) is 126 Å². The lowest BCUT2D eigenvalue weighted by atomic mass is 9.95. The number of thiazole rings is 1. The summed E-state index contributed by atoms with van der Waals surface area (Å²) in [6.45, 7) is 10.9. The lowest BCUT2D eigenvalue weighted by Crippen LogP contribution is -2.42. The smallest absolute Gasteiger partial charge is 0.306 e. The maximum Gasteiger partial charge on any atom is 0.306 e. The van der Waals surface area contributed by atoms with Crippen molar-refractivity contribution in [3.8, 4) is 5.75 Å². The number of aromatic nitrogens is 1. The van der Waals surface area contributed by atoms with E-state index >= 15 is 0 Å². The number of hydrogen-bond donors (Lipinski definition) is 7. The van der Waals surface area contributed by atoms with E-state index in [4.69, 9.17) is 14.2 Å². The summed E-state index contributed by atoms with van der Waals surface area (Å²) in [5, 5.41) is 36.2. The number of phenolic OH excluding ortho intramolecular Hbond substituents is 1. The molecule has 2 aliphatic rings. The number of hydrogen-bond acceptors (Lipinski definition) is 16. The van der Waals surface area contributed by atoms with Gasteiger partial charge >= 0.3 is 11.9 Å². The zero-order valence-corrected chi connectivity index (χ0v) is 45.7. The number of nitrogens with zero attached hydrogens (tertiary/aromatic N) is 4. The predicted octanol–water partition coefficient (Wildman–Crippen LogP) is 3.30. The number of benzene rings is 1. The van der Waals surface area contributed by atoms with Gasteiger partial charge in [0.05, 0.1) is 44.5 Å². The number of carboxylic acid groups (broad SMARTS) is 1. The number of aromatic hydroxyl groups is 1. The van der Waals surface area contributed by atoms with Gasteiger partial charge in [0.2, 0.25) is 11.8 Å². The summed E-state index contributed by atoms with van der Waals surface area (Å²) < 4.78 is 30.5. The molecule has 2 aromatic rings. The number of nitrogens with one attached hydrogen (secondary N) is 5. The van der Waals surface area contributed by atoms with Crippen LogP contribution in [0.4, 0.5) is 5.69 Å². The first-order valence-electron chi connectivity index (χ1n) is 25.1. The molecule has 7 N–H and O–H groups in total. The minimum Gasteiger partial charge on any atom is -0.506 e. The van der Waals surface area contributed by atoms with Gasteiger partial charge in [0.1, 0.15) is 16.5 Å². The van der Waals surface area contributed by atoms with Gasteiger partial charge in [-0.1, -0.05) is 47.1 Å². The highest BCUT2D eigenvalue weighted by Crippen LogP contribution is 2.32. The fourth-order valence-corrected chi connectivity index (χ4v) is 10.4. The average molecular weight is 1100 g/mol. The van der Waals surface area contributed by atoms with Crippen molar-refractivity contribution in [3.63, 3.8) is 0 Å². The normalized spacial score (nSPS) is 15.5. The van der Waals surface area contributed by atoms with Crippen molar-refractivity contribution >= 4 is 77.9 Å². The van der Waals surface area contributed by atoms with Gasteiger partial charge < -0.3 is 40.0 Å². The van der Waals surface area contributed by atoms with Gasteiger partial charge in [-0.05, 0) is 42.4 Å². The number of rotatable bonds is 35. The molecule has 1 aromatic carbocycles. The fourth-order valence-electron chi connectivity index (χ4n) is 7.97. The van der Waals surface area contributed by atoms with Crippen LogP contribution in [0.3, 0.4) is 0 Å². The van der Waals surface area contributed by atoms with Crippen molar-refractivity contribution in [2.24, 2.45) is 17.8 Å². The molecule has 0 bridgehead atoms. The van der Waals surface area contributed by atoms with Gasteiger partial charge in [-0.15, -0.1) is 11.3 Å². The summed E-state index contributed by atoms with van der Waals surface area (Å²) >= 11 is 1.12. The van der Waals surface area contributed by atoms with Crippen LogP contribution in [0.1, 0.15) is 101 Å². The van der Waals surface area contributed by atoms with E-state index in [0.717, 1.165) is 51.9 Å². The molecule has 76 heavy (non-hydrogen) atoms. The van der Waals surface area contributed by atoms with Crippen molar-refractivity contribution in [2.75, 3.05) is 71.5 Å². The van der Waals surface area contributed by atoms with Gasteiger partial charge in [-0.2, -0.15) is 0 Å². The largest absolute Gasteiger partial charge is 0.506 e. The predicted molar refractivity (Wildman–Crippen MR) is 279 cm³/mol. The third-order valence-electron chi connectivity index (χ3n) is 12.5. The van der Waals surface area contributed by atoms with Crippen LogP contribution in [0.2, 0.25) is 0 Å². The first-order valence-corrected chi connectivity index (χ1v) is 27.7. The molecule has 0 aliphatic carbocycles. The Balaban J connectivity index is 1.27. The van der Waals surface area contributed by atoms with Crippen LogP contribution in [0.25, 0.3) is 0 Å². The number of carbonyl (C=O) groups excluding carboxylic acids is 8. The van der Waals surface area contributed by atoms with Crippen molar-refractivity contribution in [1.82, 2.24) is 40.3 Å². The summed E-state index contributed by atoms with van der Waals surface area (Å²) in [4.78, 5) is 120. The monoisotopic (exact) mass is 1100 g/mol. The topological polar surface area (TPSA) is 322 Å². The highest BCUT2D eigenvalue weighted by Gasteiger charge is 2.32. The molecule has 0 radical (unpaired) electrons. The van der Waals surface area contributed by atoms with Gasteiger partial charge in [0, 0.05) is 101 Å². The van der Waals surface area contributed by atoms with Crippen LogP contribution in [-0.4, -0.2) is 161 Å². The molecule has 0 fully saturated rings. The Morgan fingerprint density at radius 3 is 1.96 bits per heavy atom. The number of carboxylic acids is 1. The second-order valence-electron chi connectivity index (χ2n) is 18.8. The molecular formula is C50H72N9O15PS. The summed E-state index contributed by atoms with van der Waals surface area (Å²) in [6, 6.07) is 3.42. The number of ether oxygens (including phenoxy) is 3. The van der Waals surface area contributed by atoms with Crippen LogP contribution < -0.4 is 25.9 Å². The zero-order chi connectivity index (χ0) is 56.1. The first kappa shape index (κ1) is 62.3. The van der Waals surface area contributed by atoms with Crippen LogP contribution in [0.5, 0.6) is 5.75 Å². The zero-order valence-electron chi connectivity index (χ0n) is 44.0. The number of esters is 1. The maximum absolute atomic E-state index is 13.7. The number of anilines is 1.